The summed E-state index contributed by atoms with van der Waals surface area (Å²) in [5.41, 5.74) is 5.36. The predicted molar refractivity (Wildman–Crippen MR) is 235 cm³/mol. The Kier molecular flexibility index (Phi) is 41.4. The van der Waals surface area contributed by atoms with Crippen LogP contribution in [0.4, 0.5) is 0 Å². The zero-order valence-electron chi connectivity index (χ0n) is 36.7. The third kappa shape index (κ3) is 42.4. The molecule has 10 nitrogen and oxygen atoms in total. The van der Waals surface area contributed by atoms with Gasteiger partial charge in [0.2, 0.25) is 0 Å². The Balaban J connectivity index is 4.13. The Morgan fingerprint density at radius 3 is 1.35 bits per heavy atom. The van der Waals surface area contributed by atoms with Crippen molar-refractivity contribution in [2.24, 2.45) is 5.73 Å². The van der Waals surface area contributed by atoms with Gasteiger partial charge in [-0.15, -0.1) is 0 Å². The molecule has 0 aliphatic heterocycles. The van der Waals surface area contributed by atoms with E-state index in [1.807, 2.05) is 0 Å². The Morgan fingerprint density at radius 2 is 0.912 bits per heavy atom. The smallest absolute Gasteiger partial charge is 0.472 e. The number of unbranched alkanes of at least 4 members (excludes halogenated alkanes) is 27. The Labute approximate surface area is 349 Å². The van der Waals surface area contributed by atoms with Gasteiger partial charge in [-0.05, 0) is 64.2 Å². The second-order valence-corrected chi connectivity index (χ2v) is 17.3. The van der Waals surface area contributed by atoms with Crippen LogP contribution in [0.25, 0.3) is 0 Å². The van der Waals surface area contributed by atoms with Crippen molar-refractivity contribution in [2.75, 3.05) is 26.4 Å². The van der Waals surface area contributed by atoms with Crippen molar-refractivity contribution in [3.05, 3.63) is 24.3 Å². The monoisotopic (exact) mass is 830 g/mol. The average molecular weight is 830 g/mol. The van der Waals surface area contributed by atoms with Gasteiger partial charge in [-0.1, -0.05) is 173 Å². The lowest BCUT2D eigenvalue weighted by Crippen LogP contribution is -2.34. The maximum atomic E-state index is 12.6. The van der Waals surface area contributed by atoms with Crippen LogP contribution < -0.4 is 5.73 Å². The number of hydrogen-bond donors (Lipinski definition) is 3. The highest BCUT2D eigenvalue weighted by Crippen LogP contribution is 2.43. The highest BCUT2D eigenvalue weighted by molar-refractivity contribution is 7.47. The van der Waals surface area contributed by atoms with Crippen molar-refractivity contribution < 1.29 is 42.7 Å². The van der Waals surface area contributed by atoms with Gasteiger partial charge >= 0.3 is 19.8 Å². The van der Waals surface area contributed by atoms with Gasteiger partial charge in [-0.25, -0.2) is 4.57 Å². The summed E-state index contributed by atoms with van der Waals surface area (Å²) in [5, 5.41) is 8.90. The number of carbonyl (C=O) groups excluding carboxylic acids is 1. The molecule has 336 valence electrons. The van der Waals surface area contributed by atoms with E-state index in [0.717, 1.165) is 51.4 Å². The zero-order chi connectivity index (χ0) is 41.9. The summed E-state index contributed by atoms with van der Waals surface area (Å²) < 4.78 is 33.4. The maximum Gasteiger partial charge on any atom is 0.472 e. The molecule has 0 amide bonds. The minimum absolute atomic E-state index is 0.0154. The zero-order valence-corrected chi connectivity index (χ0v) is 37.6. The molecule has 0 heterocycles. The summed E-state index contributed by atoms with van der Waals surface area (Å²) in [4.78, 5) is 33.5. The average Bonchev–Trinajstić information content (AvgIpc) is 3.19. The second kappa shape index (κ2) is 42.6. The lowest BCUT2D eigenvalue weighted by molar-refractivity contribution is -0.154. The molecule has 0 aliphatic rings. The Bertz CT molecular complexity index is 1010. The summed E-state index contributed by atoms with van der Waals surface area (Å²) in [5.74, 6) is -1.78. The van der Waals surface area contributed by atoms with Gasteiger partial charge in [0, 0.05) is 13.0 Å². The van der Waals surface area contributed by atoms with Crippen molar-refractivity contribution in [3.8, 4) is 0 Å². The summed E-state index contributed by atoms with van der Waals surface area (Å²) in [7, 11) is -4.62. The van der Waals surface area contributed by atoms with Crippen LogP contribution in [0.2, 0.25) is 0 Å². The first-order valence-corrected chi connectivity index (χ1v) is 24.9. The van der Waals surface area contributed by atoms with Crippen LogP contribution in [0.15, 0.2) is 24.3 Å². The number of allylic oxidation sites excluding steroid dienone is 4. The molecule has 3 unspecified atom stereocenters. The Morgan fingerprint density at radius 1 is 0.544 bits per heavy atom. The number of esters is 1. The van der Waals surface area contributed by atoms with Gasteiger partial charge in [-0.2, -0.15) is 0 Å². The molecule has 0 aliphatic carbocycles. The molecular weight excluding hydrogens is 741 g/mol. The fourth-order valence-electron chi connectivity index (χ4n) is 6.53. The van der Waals surface area contributed by atoms with Gasteiger partial charge in [0.05, 0.1) is 19.8 Å². The molecule has 11 heteroatoms. The van der Waals surface area contributed by atoms with Gasteiger partial charge in [0.15, 0.2) is 0 Å². The first kappa shape index (κ1) is 55.5. The summed E-state index contributed by atoms with van der Waals surface area (Å²) in [6, 6.07) is -1.47. The van der Waals surface area contributed by atoms with Crippen LogP contribution in [0.3, 0.4) is 0 Å². The lowest BCUT2D eigenvalue weighted by Gasteiger charge is -2.20. The molecule has 3 atom stereocenters. The molecule has 57 heavy (non-hydrogen) atoms. The predicted octanol–water partition coefficient (Wildman–Crippen LogP) is 13.1. The molecule has 4 N–H and O–H groups in total. The topological polar surface area (TPSA) is 155 Å². The first-order chi connectivity index (χ1) is 27.7. The van der Waals surface area contributed by atoms with Gasteiger partial charge in [-0.3, -0.25) is 18.6 Å². The minimum Gasteiger partial charge on any atom is -0.480 e. The van der Waals surface area contributed by atoms with Crippen LogP contribution in [-0.4, -0.2) is 60.5 Å². The quantitative estimate of drug-likeness (QED) is 0.0234. The number of carboxylic acid groups (broad SMARTS) is 1. The fourth-order valence-corrected chi connectivity index (χ4v) is 7.31. The molecule has 0 aromatic heterocycles. The molecule has 0 aromatic rings. The second-order valence-electron chi connectivity index (χ2n) is 15.9. The number of rotatable bonds is 45. The molecule has 0 radical (unpaired) electrons. The Hall–Kier alpha value is -1.55. The molecule has 0 rings (SSSR count). The molecular formula is C46H88NO9P. The van der Waals surface area contributed by atoms with Crippen LogP contribution >= 0.6 is 7.82 Å². The highest BCUT2D eigenvalue weighted by atomic mass is 31.2. The molecule has 0 bridgehead atoms. The summed E-state index contributed by atoms with van der Waals surface area (Å²) >= 11 is 0. The van der Waals surface area contributed by atoms with E-state index >= 15 is 0 Å². The third-order valence-electron chi connectivity index (χ3n) is 10.2. The standard InChI is InChI=1S/C46H88NO9P/c1-3-5-7-9-11-13-15-17-18-19-20-21-22-23-24-25-27-29-31-33-35-37-39-53-40-43(41-54-57(51,52)55-42-44(47)46(49)50)56-45(48)38-36-34-32-30-28-26-16-14-12-10-8-6-4-2/h14,16,19-20,43-44H,3-13,15,17-18,21-42,47H2,1-2H3,(H,49,50)(H,51,52)/b16-14-,20-19-. The van der Waals surface area contributed by atoms with E-state index in [1.165, 1.54) is 141 Å². The number of hydrogen-bond acceptors (Lipinski definition) is 8. The highest BCUT2D eigenvalue weighted by Gasteiger charge is 2.27. The van der Waals surface area contributed by atoms with Gasteiger partial charge in [0.1, 0.15) is 12.1 Å². The molecule has 0 fully saturated rings. The number of aliphatic carboxylic acids is 1. The van der Waals surface area contributed by atoms with Crippen molar-refractivity contribution in [1.82, 2.24) is 0 Å². The van der Waals surface area contributed by atoms with E-state index in [-0.39, 0.29) is 13.0 Å². The summed E-state index contributed by atoms with van der Waals surface area (Å²) in [6.07, 6.45) is 46.6. The fraction of sp³-hybridized carbons (Fsp3) is 0.870. The molecule has 0 saturated carbocycles. The van der Waals surface area contributed by atoms with Gasteiger partial charge in [0.25, 0.3) is 0 Å². The molecule has 0 saturated heterocycles. The van der Waals surface area contributed by atoms with E-state index in [0.29, 0.717) is 13.0 Å². The van der Waals surface area contributed by atoms with Crippen LogP contribution in [0.5, 0.6) is 0 Å². The number of nitrogens with two attached hydrogens (primary N) is 1. The first-order valence-electron chi connectivity index (χ1n) is 23.4. The number of ether oxygens (including phenoxy) is 2. The van der Waals surface area contributed by atoms with Crippen molar-refractivity contribution in [3.63, 3.8) is 0 Å². The number of carbonyl (C=O) groups is 2. The van der Waals surface area contributed by atoms with Crippen LogP contribution in [-0.2, 0) is 32.7 Å². The van der Waals surface area contributed by atoms with Crippen LogP contribution in [0.1, 0.15) is 219 Å². The van der Waals surface area contributed by atoms with E-state index in [9.17, 15) is 19.0 Å². The van der Waals surface area contributed by atoms with E-state index in [1.54, 1.807) is 0 Å². The number of phosphoric acid groups is 1. The molecule has 0 spiro atoms. The van der Waals surface area contributed by atoms with E-state index in [4.69, 9.17) is 29.4 Å². The third-order valence-corrected chi connectivity index (χ3v) is 11.2. The summed E-state index contributed by atoms with van der Waals surface area (Å²) in [6.45, 7) is 3.87. The van der Waals surface area contributed by atoms with Crippen molar-refractivity contribution in [2.45, 2.75) is 231 Å². The number of carboxylic acids is 1. The van der Waals surface area contributed by atoms with Crippen molar-refractivity contribution >= 4 is 19.8 Å². The number of phosphoric ester groups is 1. The van der Waals surface area contributed by atoms with E-state index < -0.39 is 45.1 Å². The minimum atomic E-state index is -4.62. The van der Waals surface area contributed by atoms with E-state index in [2.05, 4.69) is 38.2 Å². The van der Waals surface area contributed by atoms with Gasteiger partial charge < -0.3 is 25.2 Å². The lowest BCUT2D eigenvalue weighted by atomic mass is 10.1. The largest absolute Gasteiger partial charge is 0.480 e. The van der Waals surface area contributed by atoms with Crippen LogP contribution in [0, 0.1) is 0 Å². The maximum absolute atomic E-state index is 12.6. The SMILES string of the molecule is CCCCCC/C=C\CCCCCCCC(=O)OC(COCCCCCCCCCCCC/C=C\CCCCCCCCCC)COP(=O)(O)OCC(N)C(=O)O. The molecule has 0 aromatic carbocycles. The van der Waals surface area contributed by atoms with Crippen molar-refractivity contribution in [1.29, 1.82) is 0 Å². The normalized spacial score (nSPS) is 14.0.